The van der Waals surface area contributed by atoms with Crippen LogP contribution in [0.1, 0.15) is 27.2 Å². The highest BCUT2D eigenvalue weighted by atomic mass is 32.2. The molecule has 2 N–H and O–H groups in total. The van der Waals surface area contributed by atoms with Crippen LogP contribution in [0.2, 0.25) is 0 Å². The van der Waals surface area contributed by atoms with E-state index in [-0.39, 0.29) is 11.2 Å². The van der Waals surface area contributed by atoms with Crippen molar-refractivity contribution in [3.05, 3.63) is 0 Å². The van der Waals surface area contributed by atoms with E-state index in [1.807, 2.05) is 13.8 Å². The molecule has 0 aromatic carbocycles. The number of carbonyl (C=O) groups is 1. The molecule has 1 heterocycles. The highest BCUT2D eigenvalue weighted by Gasteiger charge is 2.17. The van der Waals surface area contributed by atoms with Crippen molar-refractivity contribution in [3.8, 4) is 0 Å². The minimum Gasteiger partial charge on any atom is -0.355 e. The van der Waals surface area contributed by atoms with Crippen molar-refractivity contribution < 1.29 is 4.79 Å². The van der Waals surface area contributed by atoms with Gasteiger partial charge in [-0.05, 0) is 37.2 Å². The van der Waals surface area contributed by atoms with Gasteiger partial charge in [-0.3, -0.25) is 4.79 Å². The van der Waals surface area contributed by atoms with Crippen molar-refractivity contribution in [1.29, 1.82) is 0 Å². The lowest BCUT2D eigenvalue weighted by molar-refractivity contribution is -0.120. The zero-order valence-corrected chi connectivity index (χ0v) is 12.5. The number of aromatic nitrogens is 4. The summed E-state index contributed by atoms with van der Waals surface area (Å²) in [6.07, 6.45) is 1.10. The van der Waals surface area contributed by atoms with Crippen molar-refractivity contribution in [2.24, 2.45) is 0 Å². The van der Waals surface area contributed by atoms with Crippen molar-refractivity contribution in [2.75, 3.05) is 19.6 Å². The smallest absolute Gasteiger partial charge is 0.233 e. The number of rotatable bonds is 9. The molecule has 0 aliphatic carbocycles. The first-order chi connectivity index (χ1) is 9.19. The molecule has 0 saturated carbocycles. The fourth-order valence-electron chi connectivity index (χ4n) is 1.44. The molecule has 108 valence electrons. The average Bonchev–Trinajstić information content (AvgIpc) is 2.82. The lowest BCUT2D eigenvalue weighted by Crippen LogP contribution is -2.30. The maximum Gasteiger partial charge on any atom is 0.233 e. The van der Waals surface area contributed by atoms with Crippen LogP contribution in [0.5, 0.6) is 0 Å². The van der Waals surface area contributed by atoms with E-state index in [4.69, 9.17) is 0 Å². The topological polar surface area (TPSA) is 84.7 Å². The normalized spacial score (nSPS) is 12.4. The van der Waals surface area contributed by atoms with Gasteiger partial charge in [-0.1, -0.05) is 18.7 Å². The molecule has 1 unspecified atom stereocenters. The van der Waals surface area contributed by atoms with Crippen LogP contribution in [0.3, 0.4) is 0 Å². The molecule has 0 aliphatic heterocycles. The zero-order valence-electron chi connectivity index (χ0n) is 11.7. The Bertz CT molecular complexity index is 383. The van der Waals surface area contributed by atoms with Crippen molar-refractivity contribution in [1.82, 2.24) is 30.8 Å². The number of thioether (sulfide) groups is 1. The Morgan fingerprint density at radius 2 is 2.21 bits per heavy atom. The van der Waals surface area contributed by atoms with Gasteiger partial charge in [0.25, 0.3) is 0 Å². The molecule has 1 aromatic heterocycles. The molecule has 0 aliphatic rings. The van der Waals surface area contributed by atoms with E-state index in [1.165, 1.54) is 11.8 Å². The predicted molar refractivity (Wildman–Crippen MR) is 75.0 cm³/mol. The van der Waals surface area contributed by atoms with Crippen molar-refractivity contribution in [2.45, 2.75) is 44.1 Å². The number of hydrogen-bond acceptors (Lipinski definition) is 6. The molecule has 19 heavy (non-hydrogen) atoms. The fourth-order valence-corrected chi connectivity index (χ4v) is 2.28. The first-order valence-electron chi connectivity index (χ1n) is 6.60. The Hall–Kier alpha value is -1.15. The monoisotopic (exact) mass is 286 g/mol. The molecule has 0 fully saturated rings. The van der Waals surface area contributed by atoms with Gasteiger partial charge in [0, 0.05) is 13.1 Å². The number of nitrogens with one attached hydrogen (secondary N) is 2. The van der Waals surface area contributed by atoms with Gasteiger partial charge in [0.05, 0.1) is 11.8 Å². The van der Waals surface area contributed by atoms with Gasteiger partial charge in [0.2, 0.25) is 11.1 Å². The van der Waals surface area contributed by atoms with Crippen LogP contribution in [0.15, 0.2) is 5.16 Å². The van der Waals surface area contributed by atoms with Crippen LogP contribution in [0.25, 0.3) is 0 Å². The van der Waals surface area contributed by atoms with Gasteiger partial charge in [-0.25, -0.2) is 4.68 Å². The van der Waals surface area contributed by atoms with Crippen molar-refractivity contribution >= 4 is 17.7 Å². The Labute approximate surface area is 117 Å². The number of hydrogen-bond donors (Lipinski definition) is 2. The summed E-state index contributed by atoms with van der Waals surface area (Å²) < 4.78 is 1.73. The van der Waals surface area contributed by atoms with E-state index < -0.39 is 0 Å². The summed E-state index contributed by atoms with van der Waals surface area (Å²) in [6.45, 7) is 9.02. The highest BCUT2D eigenvalue weighted by molar-refractivity contribution is 8.00. The molecule has 0 spiro atoms. The summed E-state index contributed by atoms with van der Waals surface area (Å²) in [6, 6.07) is 0. The molecule has 1 aromatic rings. The number of carbonyl (C=O) groups excluding carboxylic acids is 1. The summed E-state index contributed by atoms with van der Waals surface area (Å²) in [7, 11) is 0. The maximum atomic E-state index is 11.7. The maximum absolute atomic E-state index is 11.7. The molecular weight excluding hydrogens is 264 g/mol. The quantitative estimate of drug-likeness (QED) is 0.501. The third-order valence-corrected chi connectivity index (χ3v) is 3.50. The number of tetrazole rings is 1. The lowest BCUT2D eigenvalue weighted by atomic mass is 10.4. The Balaban J connectivity index is 2.45. The number of nitrogens with zero attached hydrogens (tertiary/aromatic N) is 4. The van der Waals surface area contributed by atoms with Crippen LogP contribution < -0.4 is 10.6 Å². The summed E-state index contributed by atoms with van der Waals surface area (Å²) in [4.78, 5) is 11.7. The van der Waals surface area contributed by atoms with E-state index in [9.17, 15) is 4.79 Å². The second-order valence-corrected chi connectivity index (χ2v) is 5.40. The second-order valence-electron chi connectivity index (χ2n) is 4.09. The molecule has 7 nitrogen and oxygen atoms in total. The van der Waals surface area contributed by atoms with Gasteiger partial charge >= 0.3 is 0 Å². The minimum absolute atomic E-state index is 0.00570. The van der Waals surface area contributed by atoms with Crippen LogP contribution in [0.4, 0.5) is 0 Å². The Morgan fingerprint density at radius 1 is 1.42 bits per heavy atom. The largest absolute Gasteiger partial charge is 0.355 e. The minimum atomic E-state index is -0.201. The Kier molecular flexibility index (Phi) is 7.42. The standard InChI is InChI=1S/C11H22N6OS/c1-4-6-12-7-8-17-11(14-15-16-17)19-9(3)10(18)13-5-2/h9,12H,4-8H2,1-3H3,(H,13,18). The second kappa shape index (κ2) is 8.87. The molecule has 0 radical (unpaired) electrons. The fraction of sp³-hybridized carbons (Fsp3) is 0.818. The van der Waals surface area contributed by atoms with Gasteiger partial charge < -0.3 is 10.6 Å². The number of amides is 1. The predicted octanol–water partition coefficient (Wildman–Crippen LogP) is 0.289. The Morgan fingerprint density at radius 3 is 2.89 bits per heavy atom. The first-order valence-corrected chi connectivity index (χ1v) is 7.48. The van der Waals surface area contributed by atoms with E-state index in [0.717, 1.165) is 19.5 Å². The van der Waals surface area contributed by atoms with Crippen LogP contribution in [-0.4, -0.2) is 51.0 Å². The van der Waals surface area contributed by atoms with Gasteiger partial charge in [-0.2, -0.15) is 0 Å². The molecular formula is C11H22N6OS. The average molecular weight is 286 g/mol. The van der Waals surface area contributed by atoms with Crippen molar-refractivity contribution in [3.63, 3.8) is 0 Å². The third-order valence-electron chi connectivity index (χ3n) is 2.43. The summed E-state index contributed by atoms with van der Waals surface area (Å²) in [5.41, 5.74) is 0. The molecule has 8 heteroatoms. The molecule has 1 rings (SSSR count). The summed E-state index contributed by atoms with van der Waals surface area (Å²) in [5.74, 6) is 0.00570. The van der Waals surface area contributed by atoms with Crippen LogP contribution >= 0.6 is 11.8 Å². The first kappa shape index (κ1) is 15.9. The van der Waals surface area contributed by atoms with Crippen LogP contribution in [-0.2, 0) is 11.3 Å². The van der Waals surface area contributed by atoms with E-state index in [1.54, 1.807) is 4.68 Å². The SMILES string of the molecule is CCCNCCn1nnnc1SC(C)C(=O)NCC. The van der Waals surface area contributed by atoms with Gasteiger partial charge in [-0.15, -0.1) is 5.10 Å². The summed E-state index contributed by atoms with van der Waals surface area (Å²) >= 11 is 1.38. The third kappa shape index (κ3) is 5.56. The van der Waals surface area contributed by atoms with E-state index in [0.29, 0.717) is 18.2 Å². The highest BCUT2D eigenvalue weighted by Crippen LogP contribution is 2.19. The molecule has 0 saturated heterocycles. The van der Waals surface area contributed by atoms with Crippen LogP contribution in [0, 0.1) is 0 Å². The summed E-state index contributed by atoms with van der Waals surface area (Å²) in [5, 5.41) is 18.1. The van der Waals surface area contributed by atoms with Gasteiger partial charge in [0.1, 0.15) is 0 Å². The molecule has 0 bridgehead atoms. The lowest BCUT2D eigenvalue weighted by Gasteiger charge is -2.10. The van der Waals surface area contributed by atoms with E-state index >= 15 is 0 Å². The molecule has 1 amide bonds. The van der Waals surface area contributed by atoms with Gasteiger partial charge in [0.15, 0.2) is 0 Å². The zero-order chi connectivity index (χ0) is 14.1. The molecule has 1 atom stereocenters. The van der Waals surface area contributed by atoms with E-state index in [2.05, 4.69) is 33.1 Å².